The van der Waals surface area contributed by atoms with E-state index < -0.39 is 29.7 Å². The lowest BCUT2D eigenvalue weighted by atomic mass is 9.49. The zero-order valence-electron chi connectivity index (χ0n) is 32.8. The molecule has 3 aliphatic heterocycles. The Labute approximate surface area is 338 Å². The molecule has 3 heterocycles. The molecule has 7 rings (SSSR count). The Morgan fingerprint density at radius 3 is 2.33 bits per heavy atom. The van der Waals surface area contributed by atoms with Crippen LogP contribution < -0.4 is 15.4 Å². The van der Waals surface area contributed by atoms with E-state index in [2.05, 4.69) is 55.4 Å². The van der Waals surface area contributed by atoms with Gasteiger partial charge in [0.05, 0.1) is 21.7 Å². The predicted octanol–water partition coefficient (Wildman–Crippen LogP) is 6.73. The van der Waals surface area contributed by atoms with Crippen LogP contribution in [-0.4, -0.2) is 77.2 Å². The fourth-order valence-electron chi connectivity index (χ4n) is 9.32. The van der Waals surface area contributed by atoms with Gasteiger partial charge in [0, 0.05) is 48.0 Å². The van der Waals surface area contributed by atoms with Crippen molar-refractivity contribution in [3.05, 3.63) is 105 Å². The van der Waals surface area contributed by atoms with E-state index in [-0.39, 0.29) is 41.7 Å². The highest BCUT2D eigenvalue weighted by Gasteiger charge is 2.64. The summed E-state index contributed by atoms with van der Waals surface area (Å²) in [5.41, 5.74) is 4.17. The van der Waals surface area contributed by atoms with Gasteiger partial charge in [0.15, 0.2) is 0 Å². The molecule has 3 aromatic rings. The molecule has 0 bridgehead atoms. The summed E-state index contributed by atoms with van der Waals surface area (Å²) in [4.78, 5) is 67.1. The SMILES string of the molecule is CC1(C)[C@H](NC(=O)c2ccc(CCCCCN3CC=C(c4ccc5c(c4)C(=O)N(C4CCC(=O)NC4=O)C5=O)CC3)cc2)C(C)(C)[C@H]1Oc1ccc(C#N)c(Cl)c1. The van der Waals surface area contributed by atoms with Gasteiger partial charge in [-0.15, -0.1) is 0 Å². The van der Waals surface area contributed by atoms with Gasteiger partial charge in [-0.3, -0.25) is 39.1 Å². The Balaban J connectivity index is 0.837. The molecule has 11 nitrogen and oxygen atoms in total. The zero-order chi connectivity index (χ0) is 40.6. The van der Waals surface area contributed by atoms with Crippen LogP contribution in [0.25, 0.3) is 5.57 Å². The first-order valence-electron chi connectivity index (χ1n) is 19.7. The van der Waals surface area contributed by atoms with Crippen molar-refractivity contribution in [1.29, 1.82) is 5.26 Å². The molecule has 4 aliphatic rings. The van der Waals surface area contributed by atoms with Crippen molar-refractivity contribution in [3.8, 4) is 11.8 Å². The molecule has 12 heteroatoms. The summed E-state index contributed by atoms with van der Waals surface area (Å²) in [6, 6.07) is 19.2. The van der Waals surface area contributed by atoms with Crippen molar-refractivity contribution in [2.45, 2.75) is 90.8 Å². The van der Waals surface area contributed by atoms with Gasteiger partial charge in [-0.05, 0) is 91.7 Å². The van der Waals surface area contributed by atoms with Crippen LogP contribution in [0, 0.1) is 22.2 Å². The van der Waals surface area contributed by atoms with E-state index in [9.17, 15) is 29.2 Å². The number of carbonyl (C=O) groups is 5. The summed E-state index contributed by atoms with van der Waals surface area (Å²) in [5.74, 6) is -1.50. The number of benzene rings is 3. The van der Waals surface area contributed by atoms with Crippen LogP contribution in [0.4, 0.5) is 0 Å². The van der Waals surface area contributed by atoms with Crippen LogP contribution in [0.1, 0.15) is 114 Å². The monoisotopic (exact) mass is 789 g/mol. The Bertz CT molecular complexity index is 2190. The second-order valence-corrected chi connectivity index (χ2v) is 17.2. The zero-order valence-corrected chi connectivity index (χ0v) is 33.6. The van der Waals surface area contributed by atoms with Gasteiger partial charge in [-0.2, -0.15) is 5.26 Å². The summed E-state index contributed by atoms with van der Waals surface area (Å²) in [6.07, 6.45) is 7.22. The summed E-state index contributed by atoms with van der Waals surface area (Å²) >= 11 is 6.23. The number of halogens is 1. The molecule has 1 saturated heterocycles. The number of carbonyl (C=O) groups excluding carboxylic acids is 5. The fourth-order valence-corrected chi connectivity index (χ4v) is 9.53. The van der Waals surface area contributed by atoms with E-state index in [1.54, 1.807) is 30.3 Å². The van der Waals surface area contributed by atoms with Gasteiger partial charge >= 0.3 is 0 Å². The fraction of sp³-hybridized carbons (Fsp3) is 0.422. The van der Waals surface area contributed by atoms with Crippen LogP contribution in [-0.2, 0) is 16.0 Å². The van der Waals surface area contributed by atoms with Crippen molar-refractivity contribution >= 4 is 46.7 Å². The van der Waals surface area contributed by atoms with E-state index in [4.69, 9.17) is 16.3 Å². The number of ether oxygens (including phenoxy) is 1. The van der Waals surface area contributed by atoms with E-state index in [0.717, 1.165) is 67.8 Å². The molecule has 3 aromatic carbocycles. The summed E-state index contributed by atoms with van der Waals surface area (Å²) < 4.78 is 6.36. The molecule has 296 valence electrons. The maximum atomic E-state index is 13.4. The number of hydrogen-bond donors (Lipinski definition) is 2. The molecule has 2 N–H and O–H groups in total. The third-order valence-electron chi connectivity index (χ3n) is 12.2. The molecule has 1 unspecified atom stereocenters. The number of imide groups is 2. The second-order valence-electron chi connectivity index (χ2n) is 16.8. The van der Waals surface area contributed by atoms with E-state index >= 15 is 0 Å². The average Bonchev–Trinajstić information content (AvgIpc) is 3.44. The Kier molecular flexibility index (Phi) is 11.1. The van der Waals surface area contributed by atoms with E-state index in [0.29, 0.717) is 33.0 Å². The van der Waals surface area contributed by atoms with Gasteiger partial charge in [0.25, 0.3) is 17.7 Å². The molecule has 1 saturated carbocycles. The smallest absolute Gasteiger partial charge is 0.262 e. The number of hydrogen-bond acceptors (Lipinski definition) is 8. The van der Waals surface area contributed by atoms with Gasteiger partial charge < -0.3 is 10.1 Å². The Morgan fingerprint density at radius 1 is 0.930 bits per heavy atom. The molecular formula is C45H48ClN5O6. The number of nitrogens with zero attached hydrogens (tertiary/aromatic N) is 3. The molecule has 0 aromatic heterocycles. The number of amides is 5. The number of unbranched alkanes of at least 4 members (excludes halogenated alkanes) is 2. The largest absolute Gasteiger partial charge is 0.489 e. The first-order valence-corrected chi connectivity index (χ1v) is 20.1. The topological polar surface area (TPSA) is 149 Å². The van der Waals surface area contributed by atoms with Crippen molar-refractivity contribution in [2.24, 2.45) is 10.8 Å². The van der Waals surface area contributed by atoms with Crippen molar-refractivity contribution in [2.75, 3.05) is 19.6 Å². The average molecular weight is 790 g/mol. The number of fused-ring (bicyclic) bond motifs is 1. The molecule has 0 spiro atoms. The van der Waals surface area contributed by atoms with Crippen molar-refractivity contribution < 1.29 is 28.7 Å². The third kappa shape index (κ3) is 7.85. The van der Waals surface area contributed by atoms with Gasteiger partial charge in [-0.1, -0.05) is 70.0 Å². The minimum atomic E-state index is -0.973. The number of nitriles is 1. The highest BCUT2D eigenvalue weighted by molar-refractivity contribution is 6.31. The second kappa shape index (κ2) is 15.9. The lowest BCUT2D eigenvalue weighted by Crippen LogP contribution is -2.74. The van der Waals surface area contributed by atoms with Crippen molar-refractivity contribution in [3.63, 3.8) is 0 Å². The van der Waals surface area contributed by atoms with E-state index in [1.807, 2.05) is 30.3 Å². The molecule has 57 heavy (non-hydrogen) atoms. The first kappa shape index (κ1) is 39.9. The van der Waals surface area contributed by atoms with Crippen LogP contribution in [0.2, 0.25) is 5.02 Å². The summed E-state index contributed by atoms with van der Waals surface area (Å²) in [7, 11) is 0. The van der Waals surface area contributed by atoms with Crippen LogP contribution in [0.5, 0.6) is 5.75 Å². The van der Waals surface area contributed by atoms with E-state index in [1.165, 1.54) is 5.56 Å². The number of aryl methyl sites for hydroxylation is 1. The number of piperidine rings is 1. The summed E-state index contributed by atoms with van der Waals surface area (Å²) in [5, 5.41) is 15.0. The number of nitrogens with one attached hydrogen (secondary N) is 2. The quantitative estimate of drug-likeness (QED) is 0.152. The first-order chi connectivity index (χ1) is 27.2. The Hall–Kier alpha value is -5.31. The highest BCUT2D eigenvalue weighted by atomic mass is 35.5. The van der Waals surface area contributed by atoms with Crippen molar-refractivity contribution in [1.82, 2.24) is 20.4 Å². The molecule has 5 amide bonds. The van der Waals surface area contributed by atoms with Gasteiger partial charge in [-0.25, -0.2) is 0 Å². The minimum absolute atomic E-state index is 0.0902. The summed E-state index contributed by atoms with van der Waals surface area (Å²) in [6.45, 7) is 11.1. The maximum absolute atomic E-state index is 13.4. The molecule has 0 radical (unpaired) electrons. The Morgan fingerprint density at radius 2 is 1.67 bits per heavy atom. The van der Waals surface area contributed by atoms with Crippen LogP contribution >= 0.6 is 11.6 Å². The minimum Gasteiger partial charge on any atom is -0.489 e. The molecule has 1 aliphatic carbocycles. The normalized spacial score (nSPS) is 22.6. The third-order valence-corrected chi connectivity index (χ3v) is 12.5. The lowest BCUT2D eigenvalue weighted by molar-refractivity contribution is -0.164. The molecule has 1 atom stereocenters. The number of rotatable bonds is 12. The predicted molar refractivity (Wildman–Crippen MR) is 216 cm³/mol. The van der Waals surface area contributed by atoms with Gasteiger partial charge in [0.1, 0.15) is 24.0 Å². The lowest BCUT2D eigenvalue weighted by Gasteiger charge is -2.63. The highest BCUT2D eigenvalue weighted by Crippen LogP contribution is 2.55. The standard InChI is InChI=1S/C45H48ClN5O6/c1-44(2)42(45(3,4)43(44)57-32-15-13-31(26-47)35(46)25-32)49-38(53)29-11-9-27(10-12-29)8-6-5-7-21-50-22-19-28(20-23-50)30-14-16-33-34(24-30)41(56)51(40(33)55)36-17-18-37(52)48-39(36)54/h9-16,19,24-25,36,42-43H,5-8,17-18,20-23H2,1-4H3,(H,49,53)(H,48,52,54)/t36?,42-,43-. The van der Waals surface area contributed by atoms with Gasteiger partial charge in [0.2, 0.25) is 11.8 Å². The molecule has 2 fully saturated rings. The molecular weight excluding hydrogens is 742 g/mol. The maximum Gasteiger partial charge on any atom is 0.262 e. The van der Waals surface area contributed by atoms with Crippen LogP contribution in [0.3, 0.4) is 0 Å². The van der Waals surface area contributed by atoms with Crippen LogP contribution in [0.15, 0.2) is 66.7 Å².